The van der Waals surface area contributed by atoms with Crippen LogP contribution in [0.3, 0.4) is 0 Å². The molecule has 1 rings (SSSR count). The molecule has 0 bridgehead atoms. The van der Waals surface area contributed by atoms with Gasteiger partial charge < -0.3 is 15.0 Å². The second-order valence-corrected chi connectivity index (χ2v) is 6.14. The Kier molecular flexibility index (Phi) is 5.80. The fourth-order valence-electron chi connectivity index (χ4n) is 1.95. The topological polar surface area (TPSA) is 71.3 Å². The molecule has 0 radical (unpaired) electrons. The van der Waals surface area contributed by atoms with Crippen LogP contribution in [0.1, 0.15) is 50.6 Å². The lowest BCUT2D eigenvalue weighted by Crippen LogP contribution is -2.45. The Morgan fingerprint density at radius 3 is 2.45 bits per heavy atom. The average Bonchev–Trinajstić information content (AvgIpc) is 2.76. The summed E-state index contributed by atoms with van der Waals surface area (Å²) in [5.41, 5.74) is 0.460. The number of carboxylic acid groups (broad SMARTS) is 1. The van der Waals surface area contributed by atoms with E-state index in [1.807, 2.05) is 38.5 Å². The number of nitrogens with zero attached hydrogens (tertiary/aromatic N) is 1. The standard InChI is InChI=1S/C14H21BrN2O3/c1-5-9(4)12(14(19)20)16-13(18)11-6-10(15)7-17(11)8(2)3/h6-9,12H,5H2,1-4H3,(H,16,18)(H,19,20)/t9?,12-/m0/s1. The average molecular weight is 345 g/mol. The van der Waals surface area contributed by atoms with Gasteiger partial charge in [-0.25, -0.2) is 4.79 Å². The van der Waals surface area contributed by atoms with E-state index in [1.54, 1.807) is 6.07 Å². The van der Waals surface area contributed by atoms with Gasteiger partial charge in [-0.3, -0.25) is 4.79 Å². The SMILES string of the molecule is CCC(C)[C@H](NC(=O)c1cc(Br)cn1C(C)C)C(=O)O. The van der Waals surface area contributed by atoms with Gasteiger partial charge in [-0.2, -0.15) is 0 Å². The first-order valence-electron chi connectivity index (χ1n) is 6.68. The molecule has 0 spiro atoms. The highest BCUT2D eigenvalue weighted by atomic mass is 79.9. The first-order chi connectivity index (χ1) is 9.27. The zero-order valence-electron chi connectivity index (χ0n) is 12.2. The number of hydrogen-bond acceptors (Lipinski definition) is 2. The molecule has 0 aliphatic rings. The van der Waals surface area contributed by atoms with Crippen molar-refractivity contribution in [2.45, 2.75) is 46.2 Å². The lowest BCUT2D eigenvalue weighted by Gasteiger charge is -2.21. The Labute approximate surface area is 127 Å². The number of carboxylic acids is 1. The van der Waals surface area contributed by atoms with Gasteiger partial charge >= 0.3 is 5.97 Å². The Morgan fingerprint density at radius 2 is 2.00 bits per heavy atom. The number of amides is 1. The minimum atomic E-state index is -1.01. The third-order valence-electron chi connectivity index (χ3n) is 3.37. The smallest absolute Gasteiger partial charge is 0.326 e. The van der Waals surface area contributed by atoms with Gasteiger partial charge in [-0.05, 0) is 41.8 Å². The molecular weight excluding hydrogens is 324 g/mol. The minimum Gasteiger partial charge on any atom is -0.480 e. The van der Waals surface area contributed by atoms with Crippen molar-refractivity contribution in [1.29, 1.82) is 0 Å². The van der Waals surface area contributed by atoms with Gasteiger partial charge in [0.2, 0.25) is 0 Å². The summed E-state index contributed by atoms with van der Waals surface area (Å²) in [6.07, 6.45) is 2.50. The molecule has 1 aromatic rings. The van der Waals surface area contributed by atoms with Crippen molar-refractivity contribution < 1.29 is 14.7 Å². The molecule has 1 unspecified atom stereocenters. The van der Waals surface area contributed by atoms with Crippen molar-refractivity contribution in [3.63, 3.8) is 0 Å². The lowest BCUT2D eigenvalue weighted by atomic mass is 9.99. The number of carbonyl (C=O) groups is 2. The van der Waals surface area contributed by atoms with Gasteiger partial charge in [0.15, 0.2) is 0 Å². The number of carbonyl (C=O) groups excluding carboxylic acids is 1. The minimum absolute atomic E-state index is 0.119. The van der Waals surface area contributed by atoms with E-state index in [0.717, 1.165) is 4.47 Å². The number of halogens is 1. The number of aromatic nitrogens is 1. The number of nitrogens with one attached hydrogen (secondary N) is 1. The van der Waals surface area contributed by atoms with E-state index < -0.39 is 12.0 Å². The molecule has 1 amide bonds. The molecule has 0 saturated carbocycles. The second-order valence-electron chi connectivity index (χ2n) is 5.22. The zero-order chi connectivity index (χ0) is 15.4. The molecule has 1 aromatic heterocycles. The molecule has 2 N–H and O–H groups in total. The monoisotopic (exact) mass is 344 g/mol. The van der Waals surface area contributed by atoms with Gasteiger partial charge in [-0.1, -0.05) is 20.3 Å². The van der Waals surface area contributed by atoms with Crippen LogP contribution < -0.4 is 5.32 Å². The van der Waals surface area contributed by atoms with Crippen LogP contribution >= 0.6 is 15.9 Å². The van der Waals surface area contributed by atoms with Crippen LogP contribution in [-0.4, -0.2) is 27.6 Å². The highest BCUT2D eigenvalue weighted by Gasteiger charge is 2.27. The first kappa shape index (κ1) is 16.8. The summed E-state index contributed by atoms with van der Waals surface area (Å²) in [5, 5.41) is 11.8. The van der Waals surface area contributed by atoms with E-state index in [4.69, 9.17) is 0 Å². The Hall–Kier alpha value is -1.30. The lowest BCUT2D eigenvalue weighted by molar-refractivity contribution is -0.140. The van der Waals surface area contributed by atoms with Crippen LogP contribution in [0.25, 0.3) is 0 Å². The van der Waals surface area contributed by atoms with Crippen LogP contribution in [0.4, 0.5) is 0 Å². The third-order valence-corrected chi connectivity index (χ3v) is 3.80. The third kappa shape index (κ3) is 3.85. The molecule has 20 heavy (non-hydrogen) atoms. The fraction of sp³-hybridized carbons (Fsp3) is 0.571. The number of rotatable bonds is 6. The van der Waals surface area contributed by atoms with Crippen LogP contribution in [0.2, 0.25) is 0 Å². The summed E-state index contributed by atoms with van der Waals surface area (Å²) < 4.78 is 2.61. The normalized spacial score (nSPS) is 14.1. The van der Waals surface area contributed by atoms with Crippen molar-refractivity contribution in [2.75, 3.05) is 0 Å². The summed E-state index contributed by atoms with van der Waals surface area (Å²) >= 11 is 3.34. The second kappa shape index (κ2) is 6.92. The molecule has 112 valence electrons. The van der Waals surface area contributed by atoms with Gasteiger partial charge in [-0.15, -0.1) is 0 Å². The summed E-state index contributed by atoms with van der Waals surface area (Å²) in [6, 6.07) is 0.945. The maximum atomic E-state index is 12.3. The molecule has 0 aromatic carbocycles. The van der Waals surface area contributed by atoms with Gasteiger partial charge in [0, 0.05) is 16.7 Å². The molecule has 0 aliphatic carbocycles. The fourth-order valence-corrected chi connectivity index (χ4v) is 2.39. The van der Waals surface area contributed by atoms with Crippen molar-refractivity contribution >= 4 is 27.8 Å². The van der Waals surface area contributed by atoms with Crippen molar-refractivity contribution in [3.8, 4) is 0 Å². The quantitative estimate of drug-likeness (QED) is 0.832. The predicted molar refractivity (Wildman–Crippen MR) is 80.9 cm³/mol. The summed E-state index contributed by atoms with van der Waals surface area (Å²) in [5.74, 6) is -1.49. The van der Waals surface area contributed by atoms with E-state index in [0.29, 0.717) is 12.1 Å². The zero-order valence-corrected chi connectivity index (χ0v) is 13.8. The summed E-state index contributed by atoms with van der Waals surface area (Å²) in [4.78, 5) is 23.6. The molecule has 0 aliphatic heterocycles. The largest absolute Gasteiger partial charge is 0.480 e. The highest BCUT2D eigenvalue weighted by molar-refractivity contribution is 9.10. The Bertz CT molecular complexity index is 497. The maximum absolute atomic E-state index is 12.3. The molecule has 1 heterocycles. The molecular formula is C14H21BrN2O3. The van der Waals surface area contributed by atoms with E-state index in [9.17, 15) is 14.7 Å². The van der Waals surface area contributed by atoms with Crippen LogP contribution in [0, 0.1) is 5.92 Å². The molecule has 2 atom stereocenters. The summed E-state index contributed by atoms with van der Waals surface area (Å²) in [6.45, 7) is 7.65. The van der Waals surface area contributed by atoms with Gasteiger partial charge in [0.05, 0.1) is 0 Å². The van der Waals surface area contributed by atoms with Crippen molar-refractivity contribution in [2.24, 2.45) is 5.92 Å². The van der Waals surface area contributed by atoms with Crippen LogP contribution in [0.15, 0.2) is 16.7 Å². The van der Waals surface area contributed by atoms with Crippen LogP contribution in [0.5, 0.6) is 0 Å². The van der Waals surface area contributed by atoms with E-state index in [2.05, 4.69) is 21.2 Å². The van der Waals surface area contributed by atoms with Gasteiger partial charge in [0.25, 0.3) is 5.91 Å². The van der Waals surface area contributed by atoms with E-state index >= 15 is 0 Å². The number of aliphatic carboxylic acids is 1. The van der Waals surface area contributed by atoms with E-state index in [-0.39, 0.29) is 17.9 Å². The highest BCUT2D eigenvalue weighted by Crippen LogP contribution is 2.20. The predicted octanol–water partition coefficient (Wildman–Crippen LogP) is 3.06. The molecule has 0 fully saturated rings. The molecule has 6 heteroatoms. The van der Waals surface area contributed by atoms with Gasteiger partial charge in [0.1, 0.15) is 11.7 Å². The first-order valence-corrected chi connectivity index (χ1v) is 7.48. The Morgan fingerprint density at radius 1 is 1.40 bits per heavy atom. The maximum Gasteiger partial charge on any atom is 0.326 e. The van der Waals surface area contributed by atoms with Crippen LogP contribution in [-0.2, 0) is 4.79 Å². The molecule has 0 saturated heterocycles. The van der Waals surface area contributed by atoms with E-state index in [1.165, 1.54) is 0 Å². The summed E-state index contributed by atoms with van der Waals surface area (Å²) in [7, 11) is 0. The Balaban J connectivity index is 2.98. The molecule has 5 nitrogen and oxygen atoms in total. The number of hydrogen-bond donors (Lipinski definition) is 2. The van der Waals surface area contributed by atoms with Crippen molar-refractivity contribution in [1.82, 2.24) is 9.88 Å². The van der Waals surface area contributed by atoms with Crippen molar-refractivity contribution in [3.05, 3.63) is 22.4 Å².